The third-order valence-corrected chi connectivity index (χ3v) is 3.95. The lowest BCUT2D eigenvalue weighted by molar-refractivity contribution is 0.475. The van der Waals surface area contributed by atoms with Gasteiger partial charge in [-0.2, -0.15) is 0 Å². The normalized spacial score (nSPS) is 10.6. The summed E-state index contributed by atoms with van der Waals surface area (Å²) in [5, 5.41) is 8.81. The van der Waals surface area contributed by atoms with Crippen LogP contribution in [0.5, 0.6) is 11.5 Å². The summed E-state index contributed by atoms with van der Waals surface area (Å²) in [6.07, 6.45) is 0.803. The number of rotatable bonds is 4. The number of phenols is 1. The fraction of sp³-hybridized carbons (Fsp3) is 0.160. The molecule has 0 spiro atoms. The van der Waals surface area contributed by atoms with Crippen molar-refractivity contribution in [2.75, 3.05) is 0 Å². The van der Waals surface area contributed by atoms with Crippen LogP contribution in [0.25, 0.3) is 0 Å². The minimum Gasteiger partial charge on any atom is -0.508 e. The zero-order valence-corrected chi connectivity index (χ0v) is 16.7. The Balaban J connectivity index is 0.000000292. The number of hydrogen-bond acceptors (Lipinski definition) is 3. The molecule has 3 nitrogen and oxygen atoms in total. The van der Waals surface area contributed by atoms with Crippen LogP contribution in [-0.2, 0) is 0 Å². The van der Waals surface area contributed by atoms with Gasteiger partial charge >= 0.3 is 0 Å². The first-order chi connectivity index (χ1) is 13.5. The molecule has 0 bridgehead atoms. The first-order valence-corrected chi connectivity index (χ1v) is 9.30. The van der Waals surface area contributed by atoms with Gasteiger partial charge in [0.1, 0.15) is 11.5 Å². The van der Waals surface area contributed by atoms with E-state index in [2.05, 4.69) is 18.5 Å². The molecule has 0 atom stereocenters. The highest BCUT2D eigenvalue weighted by Gasteiger charge is 2.06. The molecule has 3 aromatic carbocycles. The minimum atomic E-state index is 0.338. The molecule has 3 rings (SSSR count). The van der Waals surface area contributed by atoms with E-state index in [4.69, 9.17) is 9.84 Å². The van der Waals surface area contributed by atoms with Crippen molar-refractivity contribution >= 4 is 11.6 Å². The summed E-state index contributed by atoms with van der Waals surface area (Å²) in [5.41, 5.74) is 4.05. The average Bonchev–Trinajstić information content (AvgIpc) is 2.69. The van der Waals surface area contributed by atoms with Crippen LogP contribution in [0.4, 0.5) is 5.69 Å². The number of benzene rings is 3. The van der Waals surface area contributed by atoms with Crippen LogP contribution in [-0.4, -0.2) is 11.0 Å². The smallest absolute Gasteiger partial charge is 0.222 e. The van der Waals surface area contributed by atoms with Crippen molar-refractivity contribution in [2.24, 2.45) is 4.99 Å². The summed E-state index contributed by atoms with van der Waals surface area (Å²) in [6.45, 7) is 10.1. The van der Waals surface area contributed by atoms with Gasteiger partial charge in [0.05, 0.1) is 5.69 Å². The standard InChI is InChI=1S/C18H19NO.C7H8O/c1-4-15(3)18(20-17-8-6-5-7-9-17)19-16-12-10-14(2)11-13-16;1-6-3-2-4-7(8)5-6/h5-13H,3-4H2,1-2H3;2-5,8H,1H3. The van der Waals surface area contributed by atoms with Gasteiger partial charge in [-0.05, 0) is 62.2 Å². The summed E-state index contributed by atoms with van der Waals surface area (Å²) >= 11 is 0. The van der Waals surface area contributed by atoms with Gasteiger partial charge in [0.25, 0.3) is 0 Å². The summed E-state index contributed by atoms with van der Waals surface area (Å²) in [6, 6.07) is 24.8. The van der Waals surface area contributed by atoms with Crippen molar-refractivity contribution in [3.8, 4) is 11.5 Å². The molecule has 0 saturated carbocycles. The Kier molecular flexibility index (Phi) is 8.04. The monoisotopic (exact) mass is 373 g/mol. The Morgan fingerprint density at radius 2 is 1.57 bits per heavy atom. The van der Waals surface area contributed by atoms with E-state index in [1.807, 2.05) is 80.6 Å². The van der Waals surface area contributed by atoms with E-state index in [-0.39, 0.29) is 0 Å². The maximum Gasteiger partial charge on any atom is 0.222 e. The number of phenolic OH excluding ortho intramolecular Hbond substituents is 1. The first-order valence-electron chi connectivity index (χ1n) is 9.30. The molecular weight excluding hydrogens is 346 g/mol. The second kappa shape index (κ2) is 10.7. The largest absolute Gasteiger partial charge is 0.508 e. The number of aliphatic imine (C=N–C) groups is 1. The van der Waals surface area contributed by atoms with E-state index < -0.39 is 0 Å². The zero-order valence-electron chi connectivity index (χ0n) is 16.7. The molecule has 0 saturated heterocycles. The van der Waals surface area contributed by atoms with Crippen LogP contribution in [0, 0.1) is 13.8 Å². The number of nitrogens with zero attached hydrogens (tertiary/aromatic N) is 1. The molecule has 28 heavy (non-hydrogen) atoms. The van der Waals surface area contributed by atoms with Crippen LogP contribution in [0.1, 0.15) is 24.5 Å². The van der Waals surface area contributed by atoms with E-state index in [1.54, 1.807) is 12.1 Å². The molecule has 0 fully saturated rings. The summed E-state index contributed by atoms with van der Waals surface area (Å²) < 4.78 is 5.85. The zero-order chi connectivity index (χ0) is 20.4. The van der Waals surface area contributed by atoms with Gasteiger partial charge < -0.3 is 9.84 Å². The second-order valence-electron chi connectivity index (χ2n) is 6.46. The quantitative estimate of drug-likeness (QED) is 0.405. The second-order valence-corrected chi connectivity index (χ2v) is 6.46. The predicted octanol–water partition coefficient (Wildman–Crippen LogP) is 6.77. The fourth-order valence-corrected chi connectivity index (χ4v) is 2.29. The first kappa shape index (κ1) is 21.0. The average molecular weight is 373 g/mol. The van der Waals surface area contributed by atoms with Crippen molar-refractivity contribution in [3.05, 3.63) is 102 Å². The molecule has 0 unspecified atom stereocenters. The minimum absolute atomic E-state index is 0.338. The maximum atomic E-state index is 8.81. The number of para-hydroxylation sites is 1. The highest BCUT2D eigenvalue weighted by molar-refractivity contribution is 5.96. The predicted molar refractivity (Wildman–Crippen MR) is 118 cm³/mol. The van der Waals surface area contributed by atoms with Crippen molar-refractivity contribution < 1.29 is 9.84 Å². The highest BCUT2D eigenvalue weighted by atomic mass is 16.5. The van der Waals surface area contributed by atoms with E-state index in [0.29, 0.717) is 11.6 Å². The Labute approximate surface area is 167 Å². The Bertz CT molecular complexity index is 896. The summed E-state index contributed by atoms with van der Waals surface area (Å²) in [4.78, 5) is 4.56. The SMILES string of the molecule is C=C(CC)C(=Nc1ccc(C)cc1)Oc1ccccc1.Cc1cccc(O)c1. The molecule has 3 aromatic rings. The maximum absolute atomic E-state index is 8.81. The van der Waals surface area contributed by atoms with Gasteiger partial charge in [-0.3, -0.25) is 0 Å². The summed E-state index contributed by atoms with van der Waals surface area (Å²) in [7, 11) is 0. The van der Waals surface area contributed by atoms with Crippen molar-refractivity contribution in [1.29, 1.82) is 0 Å². The van der Waals surface area contributed by atoms with E-state index in [9.17, 15) is 0 Å². The number of hydrogen-bond donors (Lipinski definition) is 1. The molecule has 0 radical (unpaired) electrons. The van der Waals surface area contributed by atoms with Crippen molar-refractivity contribution in [2.45, 2.75) is 27.2 Å². The van der Waals surface area contributed by atoms with Gasteiger partial charge in [0.15, 0.2) is 0 Å². The molecule has 0 aliphatic rings. The lowest BCUT2D eigenvalue weighted by atomic mass is 10.2. The van der Waals surface area contributed by atoms with Gasteiger partial charge in [-0.1, -0.05) is 61.5 Å². The third kappa shape index (κ3) is 7.12. The number of ether oxygens (including phenoxy) is 1. The van der Waals surface area contributed by atoms with Crippen molar-refractivity contribution in [1.82, 2.24) is 0 Å². The van der Waals surface area contributed by atoms with Gasteiger partial charge in [-0.15, -0.1) is 0 Å². The topological polar surface area (TPSA) is 41.8 Å². The van der Waals surface area contributed by atoms with Gasteiger partial charge in [0, 0.05) is 5.57 Å². The third-order valence-electron chi connectivity index (χ3n) is 3.95. The number of aryl methyl sites for hydroxylation is 2. The van der Waals surface area contributed by atoms with Crippen LogP contribution in [0.15, 0.2) is 96.0 Å². The fourth-order valence-electron chi connectivity index (χ4n) is 2.29. The van der Waals surface area contributed by atoms with Crippen molar-refractivity contribution in [3.63, 3.8) is 0 Å². The van der Waals surface area contributed by atoms with E-state index >= 15 is 0 Å². The Morgan fingerprint density at radius 3 is 2.11 bits per heavy atom. The van der Waals surface area contributed by atoms with Crippen LogP contribution in [0.2, 0.25) is 0 Å². The Hall–Kier alpha value is -3.33. The van der Waals surface area contributed by atoms with Crippen LogP contribution < -0.4 is 4.74 Å². The van der Waals surface area contributed by atoms with Crippen LogP contribution >= 0.6 is 0 Å². The molecule has 1 N–H and O–H groups in total. The molecule has 0 amide bonds. The lowest BCUT2D eigenvalue weighted by Gasteiger charge is -2.10. The van der Waals surface area contributed by atoms with Gasteiger partial charge in [-0.25, -0.2) is 4.99 Å². The van der Waals surface area contributed by atoms with Gasteiger partial charge in [0.2, 0.25) is 5.90 Å². The Morgan fingerprint density at radius 1 is 0.893 bits per heavy atom. The van der Waals surface area contributed by atoms with Crippen LogP contribution in [0.3, 0.4) is 0 Å². The van der Waals surface area contributed by atoms with E-state index in [1.165, 1.54) is 5.56 Å². The highest BCUT2D eigenvalue weighted by Crippen LogP contribution is 2.18. The molecule has 144 valence electrons. The van der Waals surface area contributed by atoms with E-state index in [0.717, 1.165) is 29.0 Å². The molecule has 0 aliphatic carbocycles. The lowest BCUT2D eigenvalue weighted by Crippen LogP contribution is -2.10. The molecule has 0 heterocycles. The molecule has 0 aromatic heterocycles. The molecule has 3 heteroatoms. The molecular formula is C25H27NO2. The molecule has 0 aliphatic heterocycles. The summed E-state index contributed by atoms with van der Waals surface area (Å²) in [5.74, 6) is 1.68. The number of aromatic hydroxyl groups is 1.